The Balaban J connectivity index is 1.36. The smallest absolute Gasteiger partial charge is 0.261 e. The van der Waals surface area contributed by atoms with Crippen LogP contribution >= 0.6 is 11.3 Å². The first-order valence-electron chi connectivity index (χ1n) is 10.4. The molecule has 7 heteroatoms. The van der Waals surface area contributed by atoms with E-state index >= 15 is 0 Å². The van der Waals surface area contributed by atoms with Gasteiger partial charge < -0.3 is 19.7 Å². The van der Waals surface area contributed by atoms with E-state index in [4.69, 9.17) is 9.47 Å². The molecular weight excluding hydrogens is 412 g/mol. The zero-order valence-corrected chi connectivity index (χ0v) is 17.5. The maximum absolute atomic E-state index is 13.5. The average Bonchev–Trinajstić information content (AvgIpc) is 3.34. The van der Waals surface area contributed by atoms with E-state index < -0.39 is 0 Å². The topological polar surface area (TPSA) is 67.9 Å². The fraction of sp³-hybridized carbons (Fsp3) is 0.250. The molecule has 0 saturated heterocycles. The predicted molar refractivity (Wildman–Crippen MR) is 118 cm³/mol. The zero-order valence-electron chi connectivity index (χ0n) is 16.7. The number of benzene rings is 2. The van der Waals surface area contributed by atoms with Crippen molar-refractivity contribution in [3.05, 3.63) is 64.5 Å². The summed E-state index contributed by atoms with van der Waals surface area (Å²) in [6.45, 7) is 0.716. The molecule has 3 heterocycles. The monoisotopic (exact) mass is 432 g/mol. The number of hydrogen-bond donors (Lipinski definition) is 1. The van der Waals surface area contributed by atoms with Crippen LogP contribution < -0.4 is 19.7 Å². The van der Waals surface area contributed by atoms with Gasteiger partial charge in [0, 0.05) is 28.6 Å². The molecule has 6 nitrogen and oxygen atoms in total. The van der Waals surface area contributed by atoms with Crippen LogP contribution in [-0.4, -0.2) is 31.2 Å². The number of carbonyl (C=O) groups excluding carboxylic acids is 2. The Morgan fingerprint density at radius 3 is 2.74 bits per heavy atom. The van der Waals surface area contributed by atoms with E-state index in [1.165, 1.54) is 11.3 Å². The summed E-state index contributed by atoms with van der Waals surface area (Å²) >= 11 is 1.51. The van der Waals surface area contributed by atoms with Crippen molar-refractivity contribution in [1.82, 2.24) is 5.32 Å². The third-order valence-corrected chi connectivity index (χ3v) is 7.06. The Morgan fingerprint density at radius 1 is 1.03 bits per heavy atom. The molecule has 1 N–H and O–H groups in total. The molecule has 2 aliphatic heterocycles. The Morgan fingerprint density at radius 2 is 1.87 bits per heavy atom. The first kappa shape index (κ1) is 18.4. The lowest BCUT2D eigenvalue weighted by Gasteiger charge is -2.23. The molecule has 0 bridgehead atoms. The maximum Gasteiger partial charge on any atom is 0.261 e. The molecule has 31 heavy (non-hydrogen) atoms. The standard InChI is InChI=1S/C24H20N2O4S/c27-23(25-16-6-7-16)21-12-14-9-10-26(18-4-2-1-3-17(18)22(14)31-21)24(28)15-5-8-19-20(11-15)30-13-29-19/h1-5,8,11-12,16H,6-7,9-10,13H2,(H,25,27). The number of ether oxygens (including phenoxy) is 2. The molecule has 3 aromatic rings. The highest BCUT2D eigenvalue weighted by Crippen LogP contribution is 2.42. The molecule has 0 unspecified atom stereocenters. The van der Waals surface area contributed by atoms with E-state index in [-0.39, 0.29) is 18.6 Å². The minimum Gasteiger partial charge on any atom is -0.454 e. The summed E-state index contributed by atoms with van der Waals surface area (Å²) in [5.41, 5.74) is 3.52. The summed E-state index contributed by atoms with van der Waals surface area (Å²) in [6.07, 6.45) is 2.82. The summed E-state index contributed by atoms with van der Waals surface area (Å²) in [5, 5.41) is 3.07. The number of rotatable bonds is 3. The van der Waals surface area contributed by atoms with Crippen LogP contribution in [0.15, 0.2) is 48.5 Å². The molecule has 1 aliphatic carbocycles. The van der Waals surface area contributed by atoms with Crippen molar-refractivity contribution in [2.24, 2.45) is 0 Å². The summed E-state index contributed by atoms with van der Waals surface area (Å²) in [5.74, 6) is 1.19. The number of nitrogens with zero attached hydrogens (tertiary/aromatic N) is 1. The van der Waals surface area contributed by atoms with Crippen LogP contribution in [0.3, 0.4) is 0 Å². The number of fused-ring (bicyclic) bond motifs is 4. The molecule has 2 amide bonds. The second kappa shape index (κ2) is 7.13. The molecule has 0 spiro atoms. The lowest BCUT2D eigenvalue weighted by atomic mass is 10.1. The zero-order chi connectivity index (χ0) is 20.9. The van der Waals surface area contributed by atoms with Crippen LogP contribution in [0.25, 0.3) is 10.4 Å². The van der Waals surface area contributed by atoms with Crippen LogP contribution in [0.5, 0.6) is 11.5 Å². The fourth-order valence-electron chi connectivity index (χ4n) is 4.09. The van der Waals surface area contributed by atoms with Crippen molar-refractivity contribution in [2.45, 2.75) is 25.3 Å². The van der Waals surface area contributed by atoms with E-state index in [0.717, 1.165) is 39.4 Å². The van der Waals surface area contributed by atoms with Crippen LogP contribution in [0.2, 0.25) is 0 Å². The van der Waals surface area contributed by atoms with Crippen molar-refractivity contribution in [3.8, 4) is 21.9 Å². The van der Waals surface area contributed by atoms with Gasteiger partial charge >= 0.3 is 0 Å². The average molecular weight is 433 g/mol. The summed E-state index contributed by atoms with van der Waals surface area (Å²) in [4.78, 5) is 29.7. The van der Waals surface area contributed by atoms with E-state index in [9.17, 15) is 9.59 Å². The van der Waals surface area contributed by atoms with Crippen LogP contribution in [0, 0.1) is 0 Å². The number of carbonyl (C=O) groups is 2. The number of nitrogens with one attached hydrogen (secondary N) is 1. The first-order chi connectivity index (χ1) is 15.2. The van der Waals surface area contributed by atoms with Crippen molar-refractivity contribution in [2.75, 3.05) is 18.2 Å². The lowest BCUT2D eigenvalue weighted by molar-refractivity contribution is 0.0953. The summed E-state index contributed by atoms with van der Waals surface area (Å²) in [7, 11) is 0. The van der Waals surface area contributed by atoms with Gasteiger partial charge in [0.05, 0.1) is 10.6 Å². The first-order valence-corrected chi connectivity index (χ1v) is 11.2. The number of para-hydroxylation sites is 1. The highest BCUT2D eigenvalue weighted by molar-refractivity contribution is 7.17. The largest absolute Gasteiger partial charge is 0.454 e. The Hall–Kier alpha value is -3.32. The molecule has 1 aromatic heterocycles. The highest BCUT2D eigenvalue weighted by atomic mass is 32.1. The third-order valence-electron chi connectivity index (χ3n) is 5.85. The van der Waals surface area contributed by atoms with Gasteiger partial charge in [-0.15, -0.1) is 11.3 Å². The maximum atomic E-state index is 13.5. The van der Waals surface area contributed by atoms with Gasteiger partial charge in [-0.2, -0.15) is 0 Å². The lowest BCUT2D eigenvalue weighted by Crippen LogP contribution is -2.32. The quantitative estimate of drug-likeness (QED) is 0.672. The fourth-order valence-corrected chi connectivity index (χ4v) is 5.24. The van der Waals surface area contributed by atoms with Gasteiger partial charge in [0.15, 0.2) is 11.5 Å². The van der Waals surface area contributed by atoms with Gasteiger partial charge in [0.1, 0.15) is 0 Å². The van der Waals surface area contributed by atoms with Crippen molar-refractivity contribution < 1.29 is 19.1 Å². The van der Waals surface area contributed by atoms with E-state index in [1.54, 1.807) is 18.2 Å². The van der Waals surface area contributed by atoms with E-state index in [2.05, 4.69) is 5.32 Å². The van der Waals surface area contributed by atoms with E-state index in [1.807, 2.05) is 35.2 Å². The number of amides is 2. The number of anilines is 1. The minimum absolute atomic E-state index is 0.00588. The molecule has 156 valence electrons. The minimum atomic E-state index is -0.0763. The highest BCUT2D eigenvalue weighted by Gasteiger charge is 2.29. The predicted octanol–water partition coefficient (Wildman–Crippen LogP) is 4.24. The second-order valence-electron chi connectivity index (χ2n) is 8.00. The second-order valence-corrected chi connectivity index (χ2v) is 9.06. The molecule has 3 aliphatic rings. The third kappa shape index (κ3) is 3.25. The van der Waals surface area contributed by atoms with Crippen LogP contribution in [-0.2, 0) is 6.42 Å². The van der Waals surface area contributed by atoms with Gasteiger partial charge in [-0.25, -0.2) is 0 Å². The Kier molecular flexibility index (Phi) is 4.24. The molecule has 6 rings (SSSR count). The normalized spacial score (nSPS) is 16.3. The van der Waals surface area contributed by atoms with Crippen LogP contribution in [0.4, 0.5) is 5.69 Å². The summed E-state index contributed by atoms with van der Waals surface area (Å²) in [6, 6.07) is 15.5. The molecular formula is C24H20N2O4S. The molecule has 2 aromatic carbocycles. The Bertz CT molecular complexity index is 1210. The van der Waals surface area contributed by atoms with Crippen LogP contribution in [0.1, 0.15) is 38.4 Å². The number of thiophene rings is 1. The Labute approximate surface area is 183 Å². The van der Waals surface area contributed by atoms with Crippen molar-refractivity contribution in [1.29, 1.82) is 0 Å². The van der Waals surface area contributed by atoms with Gasteiger partial charge in [0.25, 0.3) is 11.8 Å². The molecule has 0 radical (unpaired) electrons. The van der Waals surface area contributed by atoms with E-state index in [0.29, 0.717) is 36.1 Å². The van der Waals surface area contributed by atoms with Gasteiger partial charge in [-0.05, 0) is 55.2 Å². The van der Waals surface area contributed by atoms with Gasteiger partial charge in [-0.1, -0.05) is 18.2 Å². The molecule has 1 fully saturated rings. The molecule has 1 saturated carbocycles. The van der Waals surface area contributed by atoms with Gasteiger partial charge in [-0.3, -0.25) is 9.59 Å². The number of hydrogen-bond acceptors (Lipinski definition) is 5. The van der Waals surface area contributed by atoms with Crippen molar-refractivity contribution >= 4 is 28.8 Å². The molecule has 0 atom stereocenters. The van der Waals surface area contributed by atoms with Crippen molar-refractivity contribution in [3.63, 3.8) is 0 Å². The SMILES string of the molecule is O=C(NC1CC1)c1cc2c(s1)-c1ccccc1N(C(=O)c1ccc3c(c1)OCO3)CC2. The van der Waals surface area contributed by atoms with Gasteiger partial charge in [0.2, 0.25) is 6.79 Å². The summed E-state index contributed by atoms with van der Waals surface area (Å²) < 4.78 is 10.8.